The van der Waals surface area contributed by atoms with Crippen molar-refractivity contribution in [1.82, 2.24) is 14.9 Å². The van der Waals surface area contributed by atoms with Crippen molar-refractivity contribution in [1.29, 1.82) is 0 Å². The summed E-state index contributed by atoms with van der Waals surface area (Å²) in [7, 11) is 4.09. The summed E-state index contributed by atoms with van der Waals surface area (Å²) in [5.41, 5.74) is 2.20. The zero-order chi connectivity index (χ0) is 15.2. The maximum atomic E-state index is 4.26. The number of hydrogen-bond donors (Lipinski definition) is 2. The fraction of sp³-hybridized carbons (Fsp3) is 0.333. The van der Waals surface area contributed by atoms with Gasteiger partial charge in [-0.05, 0) is 44.8 Å². The first-order chi connectivity index (χ1) is 10.0. The highest BCUT2D eigenvalue weighted by atomic mass is 79.9. The minimum Gasteiger partial charge on any atom is -0.369 e. The van der Waals surface area contributed by atoms with Crippen LogP contribution in [0.5, 0.6) is 0 Å². The Morgan fingerprint density at radius 1 is 1.14 bits per heavy atom. The van der Waals surface area contributed by atoms with Gasteiger partial charge in [0.2, 0.25) is 0 Å². The van der Waals surface area contributed by atoms with Crippen LogP contribution >= 0.6 is 15.9 Å². The van der Waals surface area contributed by atoms with Gasteiger partial charge < -0.3 is 15.5 Å². The molecule has 0 fully saturated rings. The molecule has 2 N–H and O–H groups in total. The Labute approximate surface area is 133 Å². The Morgan fingerprint density at radius 3 is 2.62 bits per heavy atom. The SMILES string of the molecule is Cc1cc(Br)ccc1Nc1cc(NCCN(C)C)ncn1. The van der Waals surface area contributed by atoms with Crippen molar-refractivity contribution < 1.29 is 0 Å². The highest BCUT2D eigenvalue weighted by Crippen LogP contribution is 2.23. The number of nitrogens with one attached hydrogen (secondary N) is 2. The number of nitrogens with zero attached hydrogens (tertiary/aromatic N) is 3. The molecule has 0 radical (unpaired) electrons. The minimum absolute atomic E-state index is 0.780. The fourth-order valence-electron chi connectivity index (χ4n) is 1.84. The van der Waals surface area contributed by atoms with Crippen LogP contribution in [0.3, 0.4) is 0 Å². The Kier molecular flexibility index (Phi) is 5.52. The molecular weight excluding hydrogens is 330 g/mol. The number of anilines is 3. The van der Waals surface area contributed by atoms with Gasteiger partial charge in [0, 0.05) is 29.3 Å². The number of likely N-dealkylation sites (N-methyl/N-ethyl adjacent to an activating group) is 1. The van der Waals surface area contributed by atoms with Gasteiger partial charge in [-0.1, -0.05) is 15.9 Å². The van der Waals surface area contributed by atoms with Gasteiger partial charge in [-0.2, -0.15) is 0 Å². The summed E-state index contributed by atoms with van der Waals surface area (Å²) in [4.78, 5) is 10.6. The Balaban J connectivity index is 2.03. The summed E-state index contributed by atoms with van der Waals surface area (Å²) in [5.74, 6) is 1.60. The molecule has 1 aromatic heterocycles. The van der Waals surface area contributed by atoms with Crippen molar-refractivity contribution in [2.24, 2.45) is 0 Å². The summed E-state index contributed by atoms with van der Waals surface area (Å²) >= 11 is 3.47. The van der Waals surface area contributed by atoms with Crippen molar-refractivity contribution in [2.45, 2.75) is 6.92 Å². The maximum Gasteiger partial charge on any atom is 0.135 e. The van der Waals surface area contributed by atoms with Crippen molar-refractivity contribution in [2.75, 3.05) is 37.8 Å². The average molecular weight is 350 g/mol. The molecule has 0 amide bonds. The van der Waals surface area contributed by atoms with Crippen LogP contribution in [0, 0.1) is 6.92 Å². The molecule has 6 heteroatoms. The average Bonchev–Trinajstić information content (AvgIpc) is 2.42. The van der Waals surface area contributed by atoms with Crippen molar-refractivity contribution in [3.05, 3.63) is 40.6 Å². The first-order valence-electron chi connectivity index (χ1n) is 6.78. The molecule has 1 aromatic carbocycles. The van der Waals surface area contributed by atoms with Crippen molar-refractivity contribution >= 4 is 33.3 Å². The second-order valence-electron chi connectivity index (χ2n) is 5.10. The third kappa shape index (κ3) is 4.99. The van der Waals surface area contributed by atoms with Crippen molar-refractivity contribution in [3.8, 4) is 0 Å². The molecule has 0 saturated heterocycles. The smallest absolute Gasteiger partial charge is 0.135 e. The molecule has 5 nitrogen and oxygen atoms in total. The number of halogens is 1. The summed E-state index contributed by atoms with van der Waals surface area (Å²) in [6, 6.07) is 8.02. The van der Waals surface area contributed by atoms with E-state index in [1.165, 1.54) is 0 Å². The van der Waals surface area contributed by atoms with Gasteiger partial charge in [0.1, 0.15) is 18.0 Å². The van der Waals surface area contributed by atoms with Crippen LogP contribution in [0.1, 0.15) is 5.56 Å². The van der Waals surface area contributed by atoms with Crippen LogP contribution in [-0.4, -0.2) is 42.1 Å². The lowest BCUT2D eigenvalue weighted by Crippen LogP contribution is -2.21. The van der Waals surface area contributed by atoms with Crippen LogP contribution in [0.15, 0.2) is 35.1 Å². The first kappa shape index (κ1) is 15.7. The lowest BCUT2D eigenvalue weighted by Gasteiger charge is -2.12. The highest BCUT2D eigenvalue weighted by molar-refractivity contribution is 9.10. The van der Waals surface area contributed by atoms with Gasteiger partial charge in [-0.3, -0.25) is 0 Å². The number of benzene rings is 1. The van der Waals surface area contributed by atoms with E-state index in [2.05, 4.69) is 54.4 Å². The molecule has 0 aliphatic heterocycles. The van der Waals surface area contributed by atoms with E-state index in [9.17, 15) is 0 Å². The predicted octanol–water partition coefficient (Wildman–Crippen LogP) is 3.26. The van der Waals surface area contributed by atoms with Crippen LogP contribution in [0.25, 0.3) is 0 Å². The monoisotopic (exact) mass is 349 g/mol. The zero-order valence-corrected chi connectivity index (χ0v) is 14.1. The van der Waals surface area contributed by atoms with E-state index in [4.69, 9.17) is 0 Å². The molecule has 1 heterocycles. The van der Waals surface area contributed by atoms with E-state index < -0.39 is 0 Å². The largest absolute Gasteiger partial charge is 0.369 e. The third-order valence-electron chi connectivity index (χ3n) is 2.98. The highest BCUT2D eigenvalue weighted by Gasteiger charge is 2.02. The summed E-state index contributed by atoms with van der Waals surface area (Å²) in [5, 5.41) is 6.60. The van der Waals surface area contributed by atoms with E-state index in [0.717, 1.165) is 40.4 Å². The van der Waals surface area contributed by atoms with Gasteiger partial charge in [0.25, 0.3) is 0 Å². The molecule has 0 bridgehead atoms. The van der Waals surface area contributed by atoms with Crippen LogP contribution in [0.4, 0.5) is 17.3 Å². The van der Waals surface area contributed by atoms with Crippen LogP contribution in [0.2, 0.25) is 0 Å². The van der Waals surface area contributed by atoms with E-state index >= 15 is 0 Å². The molecule has 2 aromatic rings. The Morgan fingerprint density at radius 2 is 1.90 bits per heavy atom. The molecule has 0 saturated carbocycles. The van der Waals surface area contributed by atoms with E-state index in [1.54, 1.807) is 6.33 Å². The standard InChI is InChI=1S/C15H20BrN5/c1-11-8-12(16)4-5-13(11)20-15-9-14(18-10-19-15)17-6-7-21(2)3/h4-5,8-10H,6-7H2,1-3H3,(H2,17,18,19,20). The normalized spacial score (nSPS) is 10.7. The molecule has 112 valence electrons. The molecule has 0 spiro atoms. The Hall–Kier alpha value is -1.66. The number of rotatable bonds is 6. The fourth-order valence-corrected chi connectivity index (χ4v) is 2.31. The first-order valence-corrected chi connectivity index (χ1v) is 7.58. The van der Waals surface area contributed by atoms with Crippen molar-refractivity contribution in [3.63, 3.8) is 0 Å². The minimum atomic E-state index is 0.780. The lowest BCUT2D eigenvalue weighted by molar-refractivity contribution is 0.425. The van der Waals surface area contributed by atoms with Gasteiger partial charge in [0.05, 0.1) is 0 Å². The molecule has 0 atom stereocenters. The third-order valence-corrected chi connectivity index (χ3v) is 3.48. The van der Waals surface area contributed by atoms with Gasteiger partial charge in [0.15, 0.2) is 0 Å². The number of aryl methyl sites for hydroxylation is 1. The topological polar surface area (TPSA) is 53.1 Å². The molecule has 0 aliphatic carbocycles. The summed E-state index contributed by atoms with van der Waals surface area (Å²) in [6.07, 6.45) is 1.56. The molecular formula is C15H20BrN5. The van der Waals surface area contributed by atoms with E-state index in [0.29, 0.717) is 0 Å². The maximum absolute atomic E-state index is 4.26. The quantitative estimate of drug-likeness (QED) is 0.838. The van der Waals surface area contributed by atoms with Crippen LogP contribution < -0.4 is 10.6 Å². The summed E-state index contributed by atoms with van der Waals surface area (Å²) < 4.78 is 1.07. The van der Waals surface area contributed by atoms with Gasteiger partial charge in [-0.25, -0.2) is 9.97 Å². The lowest BCUT2D eigenvalue weighted by atomic mass is 10.2. The molecule has 0 aliphatic rings. The zero-order valence-electron chi connectivity index (χ0n) is 12.5. The number of aromatic nitrogens is 2. The molecule has 21 heavy (non-hydrogen) atoms. The van der Waals surface area contributed by atoms with Crippen LogP contribution in [-0.2, 0) is 0 Å². The molecule has 2 rings (SSSR count). The summed E-state index contributed by atoms with van der Waals surface area (Å²) in [6.45, 7) is 3.86. The van der Waals surface area contributed by atoms with E-state index in [-0.39, 0.29) is 0 Å². The predicted molar refractivity (Wildman–Crippen MR) is 91.2 cm³/mol. The van der Waals surface area contributed by atoms with E-state index in [1.807, 2.05) is 32.3 Å². The number of hydrogen-bond acceptors (Lipinski definition) is 5. The Bertz CT molecular complexity index is 600. The molecule has 0 unspecified atom stereocenters. The van der Waals surface area contributed by atoms with Gasteiger partial charge in [-0.15, -0.1) is 0 Å². The second-order valence-corrected chi connectivity index (χ2v) is 6.02. The second kappa shape index (κ2) is 7.38. The van der Waals surface area contributed by atoms with Gasteiger partial charge >= 0.3 is 0 Å².